The van der Waals surface area contributed by atoms with Crippen molar-refractivity contribution in [3.63, 3.8) is 0 Å². The number of pyridine rings is 1. The molecule has 1 saturated heterocycles. The van der Waals surface area contributed by atoms with Crippen molar-refractivity contribution in [3.05, 3.63) is 46.3 Å². The normalized spacial score (nSPS) is 15.1. The van der Waals surface area contributed by atoms with Crippen LogP contribution in [0.2, 0.25) is 0 Å². The van der Waals surface area contributed by atoms with Gasteiger partial charge < -0.3 is 16.0 Å². The Bertz CT molecular complexity index is 632. The standard InChI is InChI=1S/C17H23N5S/c18-17(20-8-6-15-4-3-11-23-15)21-13-14-5-7-19-16(12-14)22-9-1-2-10-22/h3-5,7,11-12H,1-2,6,8-10,13H2,(H3,18,20,21). The number of guanidine groups is 1. The average molecular weight is 329 g/mol. The SMILES string of the molecule is NC(=NCc1ccnc(N2CCCC2)c1)NCCc1cccs1. The monoisotopic (exact) mass is 329 g/mol. The highest BCUT2D eigenvalue weighted by atomic mass is 32.1. The molecular formula is C17H23N5S. The number of thiophene rings is 1. The Morgan fingerprint density at radius 2 is 2.22 bits per heavy atom. The van der Waals surface area contributed by atoms with E-state index in [1.54, 1.807) is 11.3 Å². The molecule has 23 heavy (non-hydrogen) atoms. The number of aromatic nitrogens is 1. The van der Waals surface area contributed by atoms with Crippen LogP contribution in [0.5, 0.6) is 0 Å². The van der Waals surface area contributed by atoms with Crippen molar-refractivity contribution in [1.29, 1.82) is 0 Å². The van der Waals surface area contributed by atoms with Gasteiger partial charge in [-0.25, -0.2) is 9.98 Å². The molecule has 0 aliphatic carbocycles. The molecule has 5 nitrogen and oxygen atoms in total. The summed E-state index contributed by atoms with van der Waals surface area (Å²) in [5.74, 6) is 1.56. The summed E-state index contributed by atoms with van der Waals surface area (Å²) in [6.45, 7) is 3.60. The number of hydrogen-bond acceptors (Lipinski definition) is 4. The van der Waals surface area contributed by atoms with Gasteiger partial charge in [0.2, 0.25) is 0 Å². The van der Waals surface area contributed by atoms with E-state index in [-0.39, 0.29) is 0 Å². The molecule has 1 aliphatic rings. The lowest BCUT2D eigenvalue weighted by Gasteiger charge is -2.16. The molecular weight excluding hydrogens is 306 g/mol. The molecule has 0 unspecified atom stereocenters. The summed E-state index contributed by atoms with van der Waals surface area (Å²) in [6.07, 6.45) is 5.34. The van der Waals surface area contributed by atoms with Gasteiger partial charge in [-0.05, 0) is 48.4 Å². The highest BCUT2D eigenvalue weighted by molar-refractivity contribution is 7.09. The van der Waals surface area contributed by atoms with Crippen molar-refractivity contribution >= 4 is 23.1 Å². The van der Waals surface area contributed by atoms with Gasteiger partial charge >= 0.3 is 0 Å². The quantitative estimate of drug-likeness (QED) is 0.631. The molecule has 3 N–H and O–H groups in total. The molecule has 2 aromatic rings. The summed E-state index contributed by atoms with van der Waals surface area (Å²) in [5.41, 5.74) is 7.08. The van der Waals surface area contributed by atoms with E-state index in [1.807, 2.05) is 12.3 Å². The number of rotatable bonds is 6. The highest BCUT2D eigenvalue weighted by Crippen LogP contribution is 2.18. The van der Waals surface area contributed by atoms with Crippen LogP contribution in [0.1, 0.15) is 23.3 Å². The zero-order valence-electron chi connectivity index (χ0n) is 13.2. The predicted molar refractivity (Wildman–Crippen MR) is 97.0 cm³/mol. The van der Waals surface area contributed by atoms with Gasteiger partial charge in [-0.15, -0.1) is 11.3 Å². The third-order valence-corrected chi connectivity index (χ3v) is 4.87. The van der Waals surface area contributed by atoms with Gasteiger partial charge in [0.05, 0.1) is 6.54 Å². The van der Waals surface area contributed by atoms with E-state index in [4.69, 9.17) is 5.73 Å². The number of hydrogen-bond donors (Lipinski definition) is 2. The van der Waals surface area contributed by atoms with Crippen molar-refractivity contribution in [2.45, 2.75) is 25.8 Å². The van der Waals surface area contributed by atoms with Gasteiger partial charge in [0.25, 0.3) is 0 Å². The lowest BCUT2D eigenvalue weighted by atomic mass is 10.2. The van der Waals surface area contributed by atoms with E-state index in [2.05, 4.69) is 43.8 Å². The maximum absolute atomic E-state index is 5.94. The molecule has 3 rings (SSSR count). The fraction of sp³-hybridized carbons (Fsp3) is 0.412. The van der Waals surface area contributed by atoms with Gasteiger partial charge in [0, 0.05) is 30.7 Å². The lowest BCUT2D eigenvalue weighted by molar-refractivity contribution is 0.856. The van der Waals surface area contributed by atoms with Crippen LogP contribution in [0.3, 0.4) is 0 Å². The molecule has 0 bridgehead atoms. The van der Waals surface area contributed by atoms with Crippen LogP contribution < -0.4 is 16.0 Å². The number of aliphatic imine (C=N–C) groups is 1. The third-order valence-electron chi connectivity index (χ3n) is 3.93. The molecule has 0 radical (unpaired) electrons. The average Bonchev–Trinajstić information content (AvgIpc) is 3.27. The third kappa shape index (κ3) is 4.69. The summed E-state index contributed by atoms with van der Waals surface area (Å²) in [4.78, 5) is 12.6. The fourth-order valence-corrected chi connectivity index (χ4v) is 3.39. The van der Waals surface area contributed by atoms with Gasteiger partial charge in [-0.2, -0.15) is 0 Å². The summed E-state index contributed by atoms with van der Waals surface area (Å²) >= 11 is 1.77. The molecule has 122 valence electrons. The van der Waals surface area contributed by atoms with Crippen LogP contribution in [0, 0.1) is 0 Å². The molecule has 0 atom stereocenters. The van der Waals surface area contributed by atoms with Crippen molar-refractivity contribution in [1.82, 2.24) is 10.3 Å². The summed E-state index contributed by atoms with van der Waals surface area (Å²) in [5, 5.41) is 5.26. The minimum Gasteiger partial charge on any atom is -0.370 e. The van der Waals surface area contributed by atoms with E-state index >= 15 is 0 Å². The Morgan fingerprint density at radius 3 is 3.00 bits per heavy atom. The van der Waals surface area contributed by atoms with Crippen LogP contribution >= 0.6 is 11.3 Å². The van der Waals surface area contributed by atoms with E-state index in [0.717, 1.165) is 37.4 Å². The van der Waals surface area contributed by atoms with Crippen molar-refractivity contribution in [2.24, 2.45) is 10.7 Å². The Labute approximate surface area is 141 Å². The Balaban J connectivity index is 1.49. The molecule has 0 saturated carbocycles. The second-order valence-electron chi connectivity index (χ2n) is 5.67. The number of anilines is 1. The van der Waals surface area contributed by atoms with Crippen molar-refractivity contribution < 1.29 is 0 Å². The van der Waals surface area contributed by atoms with Gasteiger partial charge in [-0.1, -0.05) is 6.07 Å². The zero-order chi connectivity index (χ0) is 15.9. The Kier molecular flexibility index (Phi) is 5.47. The summed E-state index contributed by atoms with van der Waals surface area (Å²) < 4.78 is 0. The first-order valence-corrected chi connectivity index (χ1v) is 8.95. The highest BCUT2D eigenvalue weighted by Gasteiger charge is 2.13. The largest absolute Gasteiger partial charge is 0.370 e. The van der Waals surface area contributed by atoms with E-state index < -0.39 is 0 Å². The van der Waals surface area contributed by atoms with E-state index in [9.17, 15) is 0 Å². The molecule has 3 heterocycles. The van der Waals surface area contributed by atoms with Crippen LogP contribution in [0.4, 0.5) is 5.82 Å². The van der Waals surface area contributed by atoms with Crippen LogP contribution in [0.25, 0.3) is 0 Å². The zero-order valence-corrected chi connectivity index (χ0v) is 14.1. The molecule has 0 aromatic carbocycles. The summed E-state index contributed by atoms with van der Waals surface area (Å²) in [6, 6.07) is 8.32. The molecule has 0 amide bonds. The number of nitrogens with two attached hydrogens (primary N) is 1. The van der Waals surface area contributed by atoms with Gasteiger partial charge in [0.15, 0.2) is 5.96 Å². The van der Waals surface area contributed by atoms with Gasteiger partial charge in [0.1, 0.15) is 5.82 Å². The Hall–Kier alpha value is -2.08. The molecule has 1 fully saturated rings. The first kappa shape index (κ1) is 15.8. The minimum absolute atomic E-state index is 0.501. The lowest BCUT2D eigenvalue weighted by Crippen LogP contribution is -2.33. The first-order chi connectivity index (χ1) is 11.3. The van der Waals surface area contributed by atoms with Crippen molar-refractivity contribution in [3.8, 4) is 0 Å². The van der Waals surface area contributed by atoms with E-state index in [1.165, 1.54) is 17.7 Å². The summed E-state index contributed by atoms with van der Waals surface area (Å²) in [7, 11) is 0. The predicted octanol–water partition coefficient (Wildman–Crippen LogP) is 2.39. The molecule has 6 heteroatoms. The topological polar surface area (TPSA) is 66.5 Å². The Morgan fingerprint density at radius 1 is 1.35 bits per heavy atom. The smallest absolute Gasteiger partial charge is 0.188 e. The first-order valence-electron chi connectivity index (χ1n) is 8.07. The fourth-order valence-electron chi connectivity index (χ4n) is 2.68. The maximum Gasteiger partial charge on any atom is 0.188 e. The van der Waals surface area contributed by atoms with Crippen molar-refractivity contribution in [2.75, 3.05) is 24.5 Å². The van der Waals surface area contributed by atoms with Crippen LogP contribution in [-0.4, -0.2) is 30.6 Å². The van der Waals surface area contributed by atoms with Gasteiger partial charge in [-0.3, -0.25) is 0 Å². The maximum atomic E-state index is 5.94. The number of nitrogens with one attached hydrogen (secondary N) is 1. The van der Waals surface area contributed by atoms with Crippen LogP contribution in [0.15, 0.2) is 40.8 Å². The van der Waals surface area contributed by atoms with Crippen LogP contribution in [-0.2, 0) is 13.0 Å². The minimum atomic E-state index is 0.501. The second kappa shape index (κ2) is 7.97. The molecule has 0 spiro atoms. The second-order valence-corrected chi connectivity index (χ2v) is 6.71. The molecule has 1 aliphatic heterocycles. The number of nitrogens with zero attached hydrogens (tertiary/aromatic N) is 3. The molecule has 2 aromatic heterocycles. The van der Waals surface area contributed by atoms with E-state index in [0.29, 0.717) is 12.5 Å².